The maximum Gasteiger partial charge on any atom is 0.315 e. The highest BCUT2D eigenvalue weighted by molar-refractivity contribution is 7.59. The van der Waals surface area contributed by atoms with Crippen LogP contribution in [0.5, 0.6) is 0 Å². The lowest BCUT2D eigenvalue weighted by Gasteiger charge is -2.07. The quantitative estimate of drug-likeness (QED) is 0.457. The summed E-state index contributed by atoms with van der Waals surface area (Å²) in [6.07, 6.45) is -0.153. The molecule has 0 aliphatic heterocycles. The predicted molar refractivity (Wildman–Crippen MR) is 37.4 cm³/mol. The molecule has 1 unspecified atom stereocenters. The Kier molecular flexibility index (Phi) is 3.61. The molecule has 10 heavy (non-hydrogen) atoms. The van der Waals surface area contributed by atoms with Crippen molar-refractivity contribution in [2.24, 2.45) is 0 Å². The number of hydrogen-bond donors (Lipinski definition) is 0. The maximum atomic E-state index is 11.0. The first-order valence-electron chi connectivity index (χ1n) is 2.71. The number of carbonyl (C=O) groups is 1. The van der Waals surface area contributed by atoms with Gasteiger partial charge in [0.05, 0.1) is 7.11 Å². The molecule has 0 saturated heterocycles. The van der Waals surface area contributed by atoms with E-state index in [1.54, 1.807) is 0 Å². The first kappa shape index (κ1) is 9.66. The van der Waals surface area contributed by atoms with Gasteiger partial charge in [0, 0.05) is 13.8 Å². The van der Waals surface area contributed by atoms with Crippen LogP contribution < -0.4 is 0 Å². The van der Waals surface area contributed by atoms with Crippen molar-refractivity contribution in [1.82, 2.24) is 0 Å². The lowest BCUT2D eigenvalue weighted by Crippen LogP contribution is -2.07. The van der Waals surface area contributed by atoms with Crippen LogP contribution in [0.15, 0.2) is 0 Å². The summed E-state index contributed by atoms with van der Waals surface area (Å²) < 4.78 is 19.9. The van der Waals surface area contributed by atoms with E-state index in [9.17, 15) is 9.36 Å². The van der Waals surface area contributed by atoms with Gasteiger partial charge in [0.1, 0.15) is 6.16 Å². The fourth-order valence-electron chi connectivity index (χ4n) is 0.364. The molecule has 0 amide bonds. The zero-order valence-corrected chi connectivity index (χ0v) is 7.18. The summed E-state index contributed by atoms with van der Waals surface area (Å²) >= 11 is 0. The van der Waals surface area contributed by atoms with E-state index >= 15 is 0 Å². The third-order valence-electron chi connectivity index (χ3n) is 1.03. The van der Waals surface area contributed by atoms with Crippen molar-refractivity contribution in [2.75, 3.05) is 27.0 Å². The second-order valence-corrected chi connectivity index (χ2v) is 4.64. The molecule has 0 radical (unpaired) electrons. The Balaban J connectivity index is 3.89. The van der Waals surface area contributed by atoms with Crippen LogP contribution in [0.25, 0.3) is 0 Å². The minimum absolute atomic E-state index is 0.153. The van der Waals surface area contributed by atoms with Crippen molar-refractivity contribution >= 4 is 13.3 Å². The molecule has 5 heteroatoms. The molecule has 0 fully saturated rings. The molecule has 0 aromatic heterocycles. The number of ether oxygens (including phenoxy) is 1. The van der Waals surface area contributed by atoms with Gasteiger partial charge < -0.3 is 9.26 Å². The fourth-order valence-corrected chi connectivity index (χ4v) is 1.09. The minimum Gasteiger partial charge on any atom is -0.469 e. The third-order valence-corrected chi connectivity index (χ3v) is 2.64. The Labute approximate surface area is 60.0 Å². The Morgan fingerprint density at radius 1 is 1.50 bits per heavy atom. The van der Waals surface area contributed by atoms with E-state index in [4.69, 9.17) is 0 Å². The van der Waals surface area contributed by atoms with Crippen LogP contribution in [0, 0.1) is 0 Å². The van der Waals surface area contributed by atoms with E-state index in [1.807, 2.05) is 0 Å². The van der Waals surface area contributed by atoms with Crippen LogP contribution >= 0.6 is 7.37 Å². The van der Waals surface area contributed by atoms with Crippen molar-refractivity contribution in [2.45, 2.75) is 0 Å². The molecule has 0 bridgehead atoms. The van der Waals surface area contributed by atoms with Crippen molar-refractivity contribution in [3.05, 3.63) is 0 Å². The van der Waals surface area contributed by atoms with Gasteiger partial charge >= 0.3 is 5.97 Å². The molecule has 0 aromatic carbocycles. The summed E-state index contributed by atoms with van der Waals surface area (Å²) in [7, 11) is -0.163. The number of hydrogen-bond acceptors (Lipinski definition) is 4. The molecule has 0 heterocycles. The molecular formula is C5H11O4P. The van der Waals surface area contributed by atoms with E-state index < -0.39 is 13.3 Å². The molecule has 0 saturated carbocycles. The maximum absolute atomic E-state index is 11.0. The van der Waals surface area contributed by atoms with Crippen LogP contribution in [0.1, 0.15) is 0 Å². The first-order chi connectivity index (χ1) is 4.52. The fraction of sp³-hybridized carbons (Fsp3) is 0.800. The predicted octanol–water partition coefficient (Wildman–Crippen LogP) is 0.714. The zero-order chi connectivity index (χ0) is 8.20. The largest absolute Gasteiger partial charge is 0.469 e. The summed E-state index contributed by atoms with van der Waals surface area (Å²) in [5.74, 6) is -0.507. The van der Waals surface area contributed by atoms with Crippen LogP contribution in [0.2, 0.25) is 0 Å². The highest BCUT2D eigenvalue weighted by Gasteiger charge is 2.18. The van der Waals surface area contributed by atoms with Crippen molar-refractivity contribution in [1.29, 1.82) is 0 Å². The van der Waals surface area contributed by atoms with Gasteiger partial charge in [-0.15, -0.1) is 0 Å². The second-order valence-electron chi connectivity index (χ2n) is 1.93. The molecule has 0 N–H and O–H groups in total. The van der Waals surface area contributed by atoms with Gasteiger partial charge in [-0.1, -0.05) is 0 Å². The van der Waals surface area contributed by atoms with Crippen molar-refractivity contribution in [3.63, 3.8) is 0 Å². The Morgan fingerprint density at radius 2 is 2.00 bits per heavy atom. The van der Waals surface area contributed by atoms with Gasteiger partial charge in [0.25, 0.3) is 0 Å². The van der Waals surface area contributed by atoms with Crippen LogP contribution in [0.4, 0.5) is 0 Å². The standard InChI is InChI=1S/C5H11O4P/c1-8-5(6)4-10(3,7)9-2/h4H2,1-3H3. The Morgan fingerprint density at radius 3 is 2.30 bits per heavy atom. The first-order valence-corrected chi connectivity index (χ1v) is 4.96. The molecule has 1 atom stereocenters. The van der Waals surface area contributed by atoms with E-state index in [0.29, 0.717) is 0 Å². The summed E-state index contributed by atoms with van der Waals surface area (Å²) in [6.45, 7) is 1.39. The van der Waals surface area contributed by atoms with Gasteiger partial charge in [-0.25, -0.2) is 0 Å². The lowest BCUT2D eigenvalue weighted by atomic mass is 10.8. The van der Waals surface area contributed by atoms with Crippen LogP contribution in [0.3, 0.4) is 0 Å². The third kappa shape index (κ3) is 3.64. The van der Waals surface area contributed by atoms with Gasteiger partial charge in [0.2, 0.25) is 7.37 Å². The average Bonchev–Trinajstić information content (AvgIpc) is 1.87. The van der Waals surface area contributed by atoms with E-state index in [2.05, 4.69) is 9.26 Å². The molecule has 0 rings (SSSR count). The normalized spacial score (nSPS) is 15.9. The minimum atomic E-state index is -2.72. The summed E-state index contributed by atoms with van der Waals surface area (Å²) in [4.78, 5) is 10.5. The highest BCUT2D eigenvalue weighted by Crippen LogP contribution is 2.40. The summed E-state index contributed by atoms with van der Waals surface area (Å²) in [5, 5.41) is 0. The lowest BCUT2D eigenvalue weighted by molar-refractivity contribution is -0.137. The number of carbonyl (C=O) groups excluding carboxylic acids is 1. The molecule has 4 nitrogen and oxygen atoms in total. The Hall–Kier alpha value is -0.340. The molecule has 0 spiro atoms. The SMILES string of the molecule is COC(=O)CP(C)(=O)OC. The molecule has 60 valence electrons. The molecule has 0 aliphatic rings. The summed E-state index contributed by atoms with van der Waals surface area (Å²) in [6, 6.07) is 0. The Bertz CT molecular complexity index is 165. The van der Waals surface area contributed by atoms with Gasteiger partial charge in [0.15, 0.2) is 0 Å². The highest BCUT2D eigenvalue weighted by atomic mass is 31.2. The van der Waals surface area contributed by atoms with Crippen molar-refractivity contribution in [3.8, 4) is 0 Å². The monoisotopic (exact) mass is 166 g/mol. The van der Waals surface area contributed by atoms with Gasteiger partial charge in [-0.3, -0.25) is 9.36 Å². The van der Waals surface area contributed by atoms with Crippen LogP contribution in [-0.4, -0.2) is 33.0 Å². The zero-order valence-electron chi connectivity index (χ0n) is 6.29. The van der Waals surface area contributed by atoms with Crippen molar-refractivity contribution < 1.29 is 18.6 Å². The molecular weight excluding hydrogens is 155 g/mol. The molecule has 0 aliphatic carbocycles. The van der Waals surface area contributed by atoms with E-state index in [-0.39, 0.29) is 6.16 Å². The van der Waals surface area contributed by atoms with E-state index in [1.165, 1.54) is 20.9 Å². The average molecular weight is 166 g/mol. The van der Waals surface area contributed by atoms with Crippen LogP contribution in [-0.2, 0) is 18.6 Å². The van der Waals surface area contributed by atoms with Gasteiger partial charge in [-0.2, -0.15) is 0 Å². The number of esters is 1. The van der Waals surface area contributed by atoms with Gasteiger partial charge in [-0.05, 0) is 0 Å². The summed E-state index contributed by atoms with van der Waals surface area (Å²) in [5.41, 5.74) is 0. The smallest absolute Gasteiger partial charge is 0.315 e. The molecule has 0 aromatic rings. The van der Waals surface area contributed by atoms with E-state index in [0.717, 1.165) is 0 Å². The topological polar surface area (TPSA) is 52.6 Å². The second kappa shape index (κ2) is 3.74. The number of rotatable bonds is 3. The number of methoxy groups -OCH3 is 1.